The highest BCUT2D eigenvalue weighted by Crippen LogP contribution is 2.17. The van der Waals surface area contributed by atoms with E-state index in [0.717, 1.165) is 31.3 Å². The molecule has 1 N–H and O–H groups in total. The number of hydrogen-bond acceptors (Lipinski definition) is 3. The van der Waals surface area contributed by atoms with Crippen molar-refractivity contribution < 1.29 is 9.53 Å². The average Bonchev–Trinajstić information content (AvgIpc) is 2.53. The second-order valence-electron chi connectivity index (χ2n) is 6.54. The third kappa shape index (κ3) is 6.06. The van der Waals surface area contributed by atoms with Crippen LogP contribution >= 0.6 is 0 Å². The molecule has 1 saturated heterocycles. The lowest BCUT2D eigenvalue weighted by molar-refractivity contribution is -0.123. The van der Waals surface area contributed by atoms with Gasteiger partial charge in [-0.05, 0) is 49.9 Å². The molecule has 1 heterocycles. The van der Waals surface area contributed by atoms with E-state index in [1.165, 1.54) is 19.4 Å². The summed E-state index contributed by atoms with van der Waals surface area (Å²) in [6.07, 6.45) is 2.35. The fourth-order valence-corrected chi connectivity index (χ4v) is 2.86. The van der Waals surface area contributed by atoms with Gasteiger partial charge in [0.15, 0.2) is 6.61 Å². The zero-order chi connectivity index (χ0) is 15.8. The van der Waals surface area contributed by atoms with E-state index < -0.39 is 0 Å². The lowest BCUT2D eigenvalue weighted by Crippen LogP contribution is -2.40. The molecule has 0 radical (unpaired) electrons. The molecular weight excluding hydrogens is 276 g/mol. The normalized spacial score (nSPS) is 16.7. The number of nitrogens with one attached hydrogen (secondary N) is 1. The number of piperidine rings is 1. The van der Waals surface area contributed by atoms with Crippen LogP contribution < -0.4 is 10.1 Å². The fourth-order valence-electron chi connectivity index (χ4n) is 2.86. The third-order valence-corrected chi connectivity index (χ3v) is 4.03. The van der Waals surface area contributed by atoms with Gasteiger partial charge in [-0.1, -0.05) is 32.0 Å². The van der Waals surface area contributed by atoms with Crippen LogP contribution in [0.15, 0.2) is 30.3 Å². The Morgan fingerprint density at radius 1 is 1.27 bits per heavy atom. The van der Waals surface area contributed by atoms with Crippen LogP contribution in [0.25, 0.3) is 0 Å². The van der Waals surface area contributed by atoms with Gasteiger partial charge in [0.1, 0.15) is 5.75 Å². The minimum atomic E-state index is -0.0338. The largest absolute Gasteiger partial charge is 0.484 e. The number of carbonyl (C=O) groups excluding carboxylic acids is 1. The van der Waals surface area contributed by atoms with Crippen LogP contribution in [-0.2, 0) is 4.79 Å². The smallest absolute Gasteiger partial charge is 0.257 e. The first-order valence-corrected chi connectivity index (χ1v) is 8.30. The molecule has 0 atom stereocenters. The number of ether oxygens (including phenoxy) is 1. The van der Waals surface area contributed by atoms with Crippen LogP contribution in [0.4, 0.5) is 0 Å². The summed E-state index contributed by atoms with van der Waals surface area (Å²) in [4.78, 5) is 14.4. The molecule has 0 unspecified atom stereocenters. The molecule has 2 rings (SSSR count). The maximum Gasteiger partial charge on any atom is 0.257 e. The number of likely N-dealkylation sites (tertiary alicyclic amines) is 1. The molecule has 4 nitrogen and oxygen atoms in total. The first-order valence-electron chi connectivity index (χ1n) is 8.30. The predicted molar refractivity (Wildman–Crippen MR) is 88.9 cm³/mol. The van der Waals surface area contributed by atoms with Crippen molar-refractivity contribution in [3.05, 3.63) is 30.3 Å². The number of nitrogens with zero attached hydrogens (tertiary/aromatic N) is 1. The number of rotatable bonds is 7. The van der Waals surface area contributed by atoms with Crippen molar-refractivity contribution in [1.29, 1.82) is 0 Å². The highest BCUT2D eigenvalue weighted by molar-refractivity contribution is 5.77. The maximum atomic E-state index is 11.8. The van der Waals surface area contributed by atoms with Gasteiger partial charge >= 0.3 is 0 Å². The molecule has 1 aromatic rings. The summed E-state index contributed by atoms with van der Waals surface area (Å²) in [6.45, 7) is 8.88. The summed E-state index contributed by atoms with van der Waals surface area (Å²) in [5.41, 5.74) is 0. The molecule has 4 heteroatoms. The lowest BCUT2D eigenvalue weighted by Gasteiger charge is -2.33. The zero-order valence-electron chi connectivity index (χ0n) is 13.8. The molecule has 1 amide bonds. The van der Waals surface area contributed by atoms with Crippen molar-refractivity contribution in [3.8, 4) is 5.75 Å². The van der Waals surface area contributed by atoms with Gasteiger partial charge in [0, 0.05) is 13.1 Å². The lowest BCUT2D eigenvalue weighted by atomic mass is 9.96. The molecule has 1 aliphatic rings. The average molecular weight is 304 g/mol. The second kappa shape index (κ2) is 8.79. The summed E-state index contributed by atoms with van der Waals surface area (Å²) in [7, 11) is 0. The maximum absolute atomic E-state index is 11.8. The third-order valence-electron chi connectivity index (χ3n) is 4.03. The molecule has 0 aromatic heterocycles. The summed E-state index contributed by atoms with van der Waals surface area (Å²) in [5.74, 6) is 2.03. The van der Waals surface area contributed by atoms with Gasteiger partial charge in [-0.3, -0.25) is 4.79 Å². The van der Waals surface area contributed by atoms with Crippen molar-refractivity contribution in [2.45, 2.75) is 26.7 Å². The first-order chi connectivity index (χ1) is 10.6. The van der Waals surface area contributed by atoms with Crippen LogP contribution in [0.3, 0.4) is 0 Å². The molecule has 1 aromatic carbocycles. The Labute approximate surface area is 133 Å². The molecular formula is C18H28N2O2. The SMILES string of the molecule is CC(C)CN1CCC(CNC(=O)COc2ccccc2)CC1. The van der Waals surface area contributed by atoms with Gasteiger partial charge in [-0.25, -0.2) is 0 Å². The molecule has 1 fully saturated rings. The number of amides is 1. The quantitative estimate of drug-likeness (QED) is 0.842. The highest BCUT2D eigenvalue weighted by atomic mass is 16.5. The van der Waals surface area contributed by atoms with Crippen LogP contribution in [0, 0.1) is 11.8 Å². The highest BCUT2D eigenvalue weighted by Gasteiger charge is 2.20. The first kappa shape index (κ1) is 16.8. The fraction of sp³-hybridized carbons (Fsp3) is 0.611. The number of carbonyl (C=O) groups is 1. The Morgan fingerprint density at radius 2 is 1.95 bits per heavy atom. The minimum Gasteiger partial charge on any atom is -0.484 e. The van der Waals surface area contributed by atoms with Gasteiger partial charge in [-0.2, -0.15) is 0 Å². The van der Waals surface area contributed by atoms with Gasteiger partial charge in [-0.15, -0.1) is 0 Å². The van der Waals surface area contributed by atoms with Crippen molar-refractivity contribution in [3.63, 3.8) is 0 Å². The second-order valence-corrected chi connectivity index (χ2v) is 6.54. The Kier molecular flexibility index (Phi) is 6.72. The number of hydrogen-bond donors (Lipinski definition) is 1. The minimum absolute atomic E-state index is 0.0338. The molecule has 0 saturated carbocycles. The van der Waals surface area contributed by atoms with Crippen LogP contribution in [0.5, 0.6) is 5.75 Å². The standard InChI is InChI=1S/C18H28N2O2/c1-15(2)13-20-10-8-16(9-11-20)12-19-18(21)14-22-17-6-4-3-5-7-17/h3-7,15-16H,8-14H2,1-2H3,(H,19,21). The van der Waals surface area contributed by atoms with E-state index in [2.05, 4.69) is 24.1 Å². The van der Waals surface area contributed by atoms with E-state index in [1.807, 2.05) is 30.3 Å². The topological polar surface area (TPSA) is 41.6 Å². The van der Waals surface area contributed by atoms with Gasteiger partial charge in [0.25, 0.3) is 5.91 Å². The van der Waals surface area contributed by atoms with Crippen molar-refractivity contribution in [2.24, 2.45) is 11.8 Å². The predicted octanol–water partition coefficient (Wildman–Crippen LogP) is 2.55. The van der Waals surface area contributed by atoms with E-state index in [-0.39, 0.29) is 12.5 Å². The van der Waals surface area contributed by atoms with E-state index in [9.17, 15) is 4.79 Å². The number of para-hydroxylation sites is 1. The molecule has 1 aliphatic heterocycles. The van der Waals surface area contributed by atoms with Crippen LogP contribution in [-0.4, -0.2) is 43.6 Å². The van der Waals surface area contributed by atoms with Gasteiger partial charge in [0.2, 0.25) is 0 Å². The number of benzene rings is 1. The zero-order valence-corrected chi connectivity index (χ0v) is 13.8. The Balaban J connectivity index is 1.59. The Bertz CT molecular complexity index is 440. The van der Waals surface area contributed by atoms with Gasteiger partial charge < -0.3 is 15.0 Å². The summed E-state index contributed by atoms with van der Waals surface area (Å²) >= 11 is 0. The molecule has 0 spiro atoms. The van der Waals surface area contributed by atoms with Crippen LogP contribution in [0.2, 0.25) is 0 Å². The van der Waals surface area contributed by atoms with Crippen molar-refractivity contribution in [2.75, 3.05) is 32.8 Å². The summed E-state index contributed by atoms with van der Waals surface area (Å²) in [5, 5.41) is 3.00. The summed E-state index contributed by atoms with van der Waals surface area (Å²) in [6, 6.07) is 9.45. The Morgan fingerprint density at radius 3 is 2.59 bits per heavy atom. The van der Waals surface area contributed by atoms with Crippen molar-refractivity contribution in [1.82, 2.24) is 10.2 Å². The van der Waals surface area contributed by atoms with Crippen molar-refractivity contribution >= 4 is 5.91 Å². The summed E-state index contributed by atoms with van der Waals surface area (Å²) < 4.78 is 5.45. The van der Waals surface area contributed by atoms with E-state index >= 15 is 0 Å². The van der Waals surface area contributed by atoms with E-state index in [0.29, 0.717) is 5.92 Å². The molecule has 0 bridgehead atoms. The van der Waals surface area contributed by atoms with Crippen LogP contribution in [0.1, 0.15) is 26.7 Å². The van der Waals surface area contributed by atoms with E-state index in [4.69, 9.17) is 4.74 Å². The van der Waals surface area contributed by atoms with Gasteiger partial charge in [0.05, 0.1) is 0 Å². The molecule has 22 heavy (non-hydrogen) atoms. The molecule has 122 valence electrons. The monoisotopic (exact) mass is 304 g/mol. The van der Waals surface area contributed by atoms with E-state index in [1.54, 1.807) is 0 Å². The Hall–Kier alpha value is -1.55. The molecule has 0 aliphatic carbocycles.